The van der Waals surface area contributed by atoms with Gasteiger partial charge in [0, 0.05) is 16.3 Å². The SMILES string of the molecule is c1ccc(-c2cccc3c2oc2ccc(-c4ccc5ccc6c(C7CCCCC7)ccc7ccc4c5c76)cc23)cc1. The summed E-state index contributed by atoms with van der Waals surface area (Å²) in [5.41, 5.74) is 8.27. The predicted octanol–water partition coefficient (Wildman–Crippen LogP) is 11.9. The van der Waals surface area contributed by atoms with Crippen molar-refractivity contribution in [3.05, 3.63) is 121 Å². The van der Waals surface area contributed by atoms with Crippen molar-refractivity contribution >= 4 is 54.3 Å². The molecule has 0 N–H and O–H groups in total. The Hall–Kier alpha value is -4.62. The van der Waals surface area contributed by atoms with E-state index in [1.807, 2.05) is 0 Å². The molecule has 41 heavy (non-hydrogen) atoms. The molecule has 1 aliphatic rings. The van der Waals surface area contributed by atoms with Gasteiger partial charge in [-0.05, 0) is 85.5 Å². The van der Waals surface area contributed by atoms with E-state index in [0.29, 0.717) is 5.92 Å². The van der Waals surface area contributed by atoms with Crippen LogP contribution in [0.3, 0.4) is 0 Å². The molecule has 0 atom stereocenters. The highest BCUT2D eigenvalue weighted by Crippen LogP contribution is 2.44. The third kappa shape index (κ3) is 3.48. The zero-order valence-electron chi connectivity index (χ0n) is 23.0. The highest BCUT2D eigenvalue weighted by Gasteiger charge is 2.21. The van der Waals surface area contributed by atoms with Gasteiger partial charge in [-0.1, -0.05) is 122 Å². The van der Waals surface area contributed by atoms with E-state index < -0.39 is 0 Å². The van der Waals surface area contributed by atoms with Crippen LogP contribution in [0.2, 0.25) is 0 Å². The van der Waals surface area contributed by atoms with E-state index in [-0.39, 0.29) is 0 Å². The summed E-state index contributed by atoms with van der Waals surface area (Å²) >= 11 is 0. The Kier molecular flexibility index (Phi) is 5.04. The zero-order chi connectivity index (χ0) is 26.9. The number of rotatable bonds is 3. The van der Waals surface area contributed by atoms with Gasteiger partial charge in [0.25, 0.3) is 0 Å². The molecular weight excluding hydrogens is 496 g/mol. The Morgan fingerprint density at radius 3 is 2.10 bits per heavy atom. The van der Waals surface area contributed by atoms with E-state index in [1.165, 1.54) is 86.5 Å². The lowest BCUT2D eigenvalue weighted by Gasteiger charge is -2.24. The number of hydrogen-bond acceptors (Lipinski definition) is 1. The first-order chi connectivity index (χ1) is 20.3. The van der Waals surface area contributed by atoms with Crippen molar-refractivity contribution in [3.8, 4) is 22.3 Å². The summed E-state index contributed by atoms with van der Waals surface area (Å²) in [4.78, 5) is 0. The molecule has 1 heteroatoms. The third-order valence-corrected chi connectivity index (χ3v) is 9.64. The summed E-state index contributed by atoms with van der Waals surface area (Å²) in [6.45, 7) is 0. The first kappa shape index (κ1) is 23.1. The van der Waals surface area contributed by atoms with Crippen LogP contribution in [-0.4, -0.2) is 0 Å². The van der Waals surface area contributed by atoms with Crippen molar-refractivity contribution in [2.24, 2.45) is 0 Å². The Morgan fingerprint density at radius 2 is 1.24 bits per heavy atom. The van der Waals surface area contributed by atoms with Crippen molar-refractivity contribution in [2.45, 2.75) is 38.0 Å². The van der Waals surface area contributed by atoms with E-state index in [1.54, 1.807) is 5.56 Å². The van der Waals surface area contributed by atoms with E-state index in [0.717, 1.165) is 22.1 Å². The molecule has 8 aromatic rings. The highest BCUT2D eigenvalue weighted by molar-refractivity contribution is 6.26. The molecule has 0 spiro atoms. The second-order valence-corrected chi connectivity index (χ2v) is 11.9. The van der Waals surface area contributed by atoms with Crippen LogP contribution in [0.5, 0.6) is 0 Å². The fraction of sp³-hybridized carbons (Fsp3) is 0.150. The average molecular weight is 527 g/mol. The standard InChI is InChI=1S/C40H30O/c1-3-8-25(9-4-1)30-19-14-27-17-22-34-31(20-15-28-16-21-33(30)38(27)39(28)34)29-18-23-37-36(24-29)35-13-7-12-32(40(35)41-37)26-10-5-2-6-11-26/h2,5-7,10-25H,1,3-4,8-9H2. The lowest BCUT2D eigenvalue weighted by molar-refractivity contribution is 0.445. The van der Waals surface area contributed by atoms with Crippen molar-refractivity contribution in [3.63, 3.8) is 0 Å². The molecule has 0 aliphatic heterocycles. The molecule has 0 saturated heterocycles. The average Bonchev–Trinajstić information content (AvgIpc) is 3.42. The lowest BCUT2D eigenvalue weighted by Crippen LogP contribution is -2.05. The van der Waals surface area contributed by atoms with E-state index in [4.69, 9.17) is 4.42 Å². The summed E-state index contributed by atoms with van der Waals surface area (Å²) in [5, 5.41) is 10.6. The molecule has 0 radical (unpaired) electrons. The van der Waals surface area contributed by atoms with Crippen molar-refractivity contribution in [2.75, 3.05) is 0 Å². The molecule has 0 bridgehead atoms. The Morgan fingerprint density at radius 1 is 0.488 bits per heavy atom. The Balaban J connectivity index is 1.26. The predicted molar refractivity (Wildman–Crippen MR) is 174 cm³/mol. The molecule has 1 nitrogen and oxygen atoms in total. The maximum absolute atomic E-state index is 6.48. The summed E-state index contributed by atoms with van der Waals surface area (Å²) in [6.07, 6.45) is 6.74. The topological polar surface area (TPSA) is 13.1 Å². The van der Waals surface area contributed by atoms with Gasteiger partial charge < -0.3 is 4.42 Å². The molecule has 1 aliphatic carbocycles. The molecule has 196 valence electrons. The molecule has 1 heterocycles. The summed E-state index contributed by atoms with van der Waals surface area (Å²) in [6, 6.07) is 42.5. The van der Waals surface area contributed by atoms with Crippen LogP contribution in [0.15, 0.2) is 120 Å². The molecule has 9 rings (SSSR count). The molecule has 7 aromatic carbocycles. The van der Waals surface area contributed by atoms with E-state index >= 15 is 0 Å². The normalized spacial score (nSPS) is 14.7. The van der Waals surface area contributed by atoms with Gasteiger partial charge in [-0.15, -0.1) is 0 Å². The maximum Gasteiger partial charge on any atom is 0.143 e. The monoisotopic (exact) mass is 526 g/mol. The maximum atomic E-state index is 6.48. The molecule has 0 amide bonds. The number of furan rings is 1. The Labute approximate surface area is 239 Å². The van der Waals surface area contributed by atoms with E-state index in [9.17, 15) is 0 Å². The first-order valence-electron chi connectivity index (χ1n) is 15.0. The van der Waals surface area contributed by atoms with Gasteiger partial charge in [0.05, 0.1) is 0 Å². The van der Waals surface area contributed by atoms with Gasteiger partial charge in [0.1, 0.15) is 11.2 Å². The van der Waals surface area contributed by atoms with E-state index in [2.05, 4.69) is 115 Å². The smallest absolute Gasteiger partial charge is 0.143 e. The number of hydrogen-bond donors (Lipinski definition) is 0. The second-order valence-electron chi connectivity index (χ2n) is 11.9. The number of para-hydroxylation sites is 1. The number of benzene rings is 7. The molecule has 1 saturated carbocycles. The van der Waals surface area contributed by atoms with Gasteiger partial charge in [-0.3, -0.25) is 0 Å². The third-order valence-electron chi connectivity index (χ3n) is 9.64. The minimum atomic E-state index is 0.686. The molecule has 1 fully saturated rings. The zero-order valence-corrected chi connectivity index (χ0v) is 23.0. The van der Waals surface area contributed by atoms with Gasteiger partial charge in [-0.2, -0.15) is 0 Å². The van der Waals surface area contributed by atoms with Crippen molar-refractivity contribution in [1.29, 1.82) is 0 Å². The molecular formula is C40H30O. The molecule has 0 unspecified atom stereocenters. The molecule has 1 aromatic heterocycles. The summed E-state index contributed by atoms with van der Waals surface area (Å²) in [7, 11) is 0. The minimum Gasteiger partial charge on any atom is -0.455 e. The fourth-order valence-electron chi connectivity index (χ4n) is 7.66. The number of fused-ring (bicyclic) bond motifs is 3. The van der Waals surface area contributed by atoms with Gasteiger partial charge >= 0.3 is 0 Å². The second kappa shape index (κ2) is 8.94. The van der Waals surface area contributed by atoms with Crippen LogP contribution in [-0.2, 0) is 0 Å². The van der Waals surface area contributed by atoms with Crippen LogP contribution in [0.4, 0.5) is 0 Å². The highest BCUT2D eigenvalue weighted by atomic mass is 16.3. The van der Waals surface area contributed by atoms with Gasteiger partial charge in [0.2, 0.25) is 0 Å². The van der Waals surface area contributed by atoms with Crippen LogP contribution < -0.4 is 0 Å². The quantitative estimate of drug-likeness (QED) is 0.209. The van der Waals surface area contributed by atoms with Crippen LogP contribution in [0.25, 0.3) is 76.5 Å². The van der Waals surface area contributed by atoms with Crippen LogP contribution >= 0.6 is 0 Å². The first-order valence-corrected chi connectivity index (χ1v) is 15.0. The van der Waals surface area contributed by atoms with Gasteiger partial charge in [0.15, 0.2) is 0 Å². The Bertz CT molecular complexity index is 2230. The van der Waals surface area contributed by atoms with Gasteiger partial charge in [-0.25, -0.2) is 0 Å². The van der Waals surface area contributed by atoms with Crippen LogP contribution in [0.1, 0.15) is 43.6 Å². The van der Waals surface area contributed by atoms with Crippen LogP contribution in [0, 0.1) is 0 Å². The summed E-state index contributed by atoms with van der Waals surface area (Å²) < 4.78 is 6.48. The fourth-order valence-corrected chi connectivity index (χ4v) is 7.66. The summed E-state index contributed by atoms with van der Waals surface area (Å²) in [5.74, 6) is 0.686. The lowest BCUT2D eigenvalue weighted by atomic mass is 9.80. The minimum absolute atomic E-state index is 0.686. The van der Waals surface area contributed by atoms with Crippen molar-refractivity contribution in [1.82, 2.24) is 0 Å². The largest absolute Gasteiger partial charge is 0.455 e. The van der Waals surface area contributed by atoms with Crippen molar-refractivity contribution < 1.29 is 4.42 Å².